The molecule has 0 saturated carbocycles. The maximum atomic E-state index is 10.7. The second kappa shape index (κ2) is 4.29. The second-order valence-electron chi connectivity index (χ2n) is 1.91. The fourth-order valence-electron chi connectivity index (χ4n) is 0.701. The van der Waals surface area contributed by atoms with E-state index in [4.69, 9.17) is 9.52 Å². The molecule has 0 bridgehead atoms. The Kier molecular flexibility index (Phi) is 4.05. The zero-order valence-electron chi connectivity index (χ0n) is 6.33. The molecule has 0 atom stereocenters. The third-order valence-corrected chi connectivity index (χ3v) is 1.25. The molecule has 4 heteroatoms. The minimum atomic E-state index is -0.386. The maximum absolute atomic E-state index is 10.7. The first kappa shape index (κ1) is 10.4. The van der Waals surface area contributed by atoms with Gasteiger partial charge in [0.2, 0.25) is 11.2 Å². The normalized spacial score (nSPS) is 8.82. The summed E-state index contributed by atoms with van der Waals surface area (Å²) in [5.74, 6) is 0.0671. The summed E-state index contributed by atoms with van der Waals surface area (Å²) >= 11 is 0. The summed E-state index contributed by atoms with van der Waals surface area (Å²) in [5.41, 5.74) is -0.386. The molecule has 54 valence electrons. The van der Waals surface area contributed by atoms with Gasteiger partial charge in [0.1, 0.15) is 5.76 Å². The first-order valence-corrected chi connectivity index (χ1v) is 3.05. The van der Waals surface area contributed by atoms with Crippen LogP contribution >= 0.6 is 0 Å². The number of aromatic hydroxyl groups is 1. The van der Waals surface area contributed by atoms with Crippen molar-refractivity contribution in [3.8, 4) is 5.75 Å². The van der Waals surface area contributed by atoms with Crippen LogP contribution in [0.4, 0.5) is 0 Å². The molecule has 1 aromatic rings. The van der Waals surface area contributed by atoms with Crippen LogP contribution in [0, 0.1) is 0 Å². The van der Waals surface area contributed by atoms with Gasteiger partial charge in [-0.05, 0) is 0 Å². The predicted octanol–water partition coefficient (Wildman–Crippen LogP) is 0.905. The summed E-state index contributed by atoms with van der Waals surface area (Å²) in [6.45, 7) is 1.80. The first-order valence-electron chi connectivity index (χ1n) is 3.05. The molecule has 0 unspecified atom stereocenters. The van der Waals surface area contributed by atoms with Crippen molar-refractivity contribution in [3.63, 3.8) is 0 Å². The second-order valence-corrected chi connectivity index (χ2v) is 1.91. The summed E-state index contributed by atoms with van der Waals surface area (Å²) in [6.07, 6.45) is 1.81. The van der Waals surface area contributed by atoms with Gasteiger partial charge in [0.05, 0.1) is 6.26 Å². The van der Waals surface area contributed by atoms with Crippen molar-refractivity contribution < 1.29 is 29.0 Å². The van der Waals surface area contributed by atoms with Gasteiger partial charge in [-0.25, -0.2) is 0 Å². The number of rotatable bonds is 1. The summed E-state index contributed by atoms with van der Waals surface area (Å²) in [6, 6.07) is 1.19. The largest absolute Gasteiger partial charge is 2.00 e. The van der Waals surface area contributed by atoms with Gasteiger partial charge in [-0.2, -0.15) is 0 Å². The summed E-state index contributed by atoms with van der Waals surface area (Å²) < 4.78 is 4.84. The minimum absolute atomic E-state index is 0. The first-order chi connectivity index (χ1) is 4.75. The van der Waals surface area contributed by atoms with E-state index in [-0.39, 0.29) is 30.7 Å². The van der Waals surface area contributed by atoms with Crippen LogP contribution in [-0.2, 0) is 25.9 Å². The van der Waals surface area contributed by atoms with E-state index in [2.05, 4.69) is 0 Å². The van der Waals surface area contributed by atoms with Gasteiger partial charge in [-0.3, -0.25) is 4.79 Å². The molecular formula is C7H8O3Zn+2. The third kappa shape index (κ3) is 2.16. The van der Waals surface area contributed by atoms with Gasteiger partial charge in [-0.1, -0.05) is 6.92 Å². The smallest absolute Gasteiger partial charge is 0.502 e. The van der Waals surface area contributed by atoms with Crippen LogP contribution in [0.25, 0.3) is 0 Å². The van der Waals surface area contributed by atoms with Crippen LogP contribution < -0.4 is 5.43 Å². The average molecular weight is 206 g/mol. The molecule has 1 aromatic heterocycles. The maximum Gasteiger partial charge on any atom is 2.00 e. The molecule has 11 heavy (non-hydrogen) atoms. The molecule has 0 aromatic carbocycles. The monoisotopic (exact) mass is 204 g/mol. The van der Waals surface area contributed by atoms with E-state index in [1.165, 1.54) is 12.3 Å². The number of aryl methyl sites for hydroxylation is 1. The van der Waals surface area contributed by atoms with Crippen molar-refractivity contribution >= 4 is 0 Å². The molecule has 1 N–H and O–H groups in total. The molecule has 1 heterocycles. The Hall–Kier alpha value is -0.627. The van der Waals surface area contributed by atoms with Gasteiger partial charge in [0, 0.05) is 12.5 Å². The molecule has 3 nitrogen and oxygen atoms in total. The zero-order valence-corrected chi connectivity index (χ0v) is 9.30. The van der Waals surface area contributed by atoms with Crippen LogP contribution in [0.1, 0.15) is 12.7 Å². The van der Waals surface area contributed by atoms with E-state index in [1.807, 2.05) is 0 Å². The van der Waals surface area contributed by atoms with Crippen LogP contribution in [-0.4, -0.2) is 5.11 Å². The Morgan fingerprint density at radius 1 is 1.64 bits per heavy atom. The van der Waals surface area contributed by atoms with Crippen molar-refractivity contribution in [2.75, 3.05) is 0 Å². The van der Waals surface area contributed by atoms with Gasteiger partial charge >= 0.3 is 19.5 Å². The molecule has 0 aliphatic carbocycles. The Balaban J connectivity index is 0.000001000. The Morgan fingerprint density at radius 2 is 2.27 bits per heavy atom. The zero-order chi connectivity index (χ0) is 7.56. The fraction of sp³-hybridized carbons (Fsp3) is 0.286. The average Bonchev–Trinajstić information content (AvgIpc) is 1.95. The molecule has 0 radical (unpaired) electrons. The van der Waals surface area contributed by atoms with Crippen LogP contribution in [0.3, 0.4) is 0 Å². The van der Waals surface area contributed by atoms with Crippen LogP contribution in [0.2, 0.25) is 0 Å². The van der Waals surface area contributed by atoms with E-state index in [0.717, 1.165) is 0 Å². The Bertz CT molecular complexity index is 279. The van der Waals surface area contributed by atoms with Crippen molar-refractivity contribution in [2.45, 2.75) is 13.3 Å². The minimum Gasteiger partial charge on any atom is -0.502 e. The molecule has 0 spiro atoms. The summed E-state index contributed by atoms with van der Waals surface area (Å²) in [7, 11) is 0. The molecule has 1 rings (SSSR count). The van der Waals surface area contributed by atoms with Crippen molar-refractivity contribution in [2.24, 2.45) is 0 Å². The number of hydrogen-bond acceptors (Lipinski definition) is 3. The molecule has 0 saturated heterocycles. The summed E-state index contributed by atoms with van der Waals surface area (Å²) in [4.78, 5) is 10.7. The van der Waals surface area contributed by atoms with E-state index >= 15 is 0 Å². The Morgan fingerprint density at radius 3 is 2.73 bits per heavy atom. The fourth-order valence-corrected chi connectivity index (χ4v) is 0.701. The standard InChI is InChI=1S/C7H8O3.Zn/c1-2-6-7(9)5(8)3-4-10-6;/h3-4,9H,2H2,1H3;/q;+2. The van der Waals surface area contributed by atoms with Crippen LogP contribution in [0.5, 0.6) is 5.75 Å². The Labute approximate surface area is 76.8 Å². The van der Waals surface area contributed by atoms with Gasteiger partial charge in [0.15, 0.2) is 0 Å². The van der Waals surface area contributed by atoms with Crippen molar-refractivity contribution in [3.05, 3.63) is 28.3 Å². The van der Waals surface area contributed by atoms with Crippen molar-refractivity contribution in [1.29, 1.82) is 0 Å². The molecule has 0 aliphatic rings. The quantitative estimate of drug-likeness (QED) is 0.693. The predicted molar refractivity (Wildman–Crippen MR) is 36.0 cm³/mol. The third-order valence-electron chi connectivity index (χ3n) is 1.25. The van der Waals surface area contributed by atoms with Gasteiger partial charge in [0.25, 0.3) is 0 Å². The number of hydrogen-bond donors (Lipinski definition) is 1. The molecule has 0 amide bonds. The molecular weight excluding hydrogens is 197 g/mol. The molecule has 0 fully saturated rings. The SMILES string of the molecule is CCc1occc(=O)c1O.[Zn+2]. The van der Waals surface area contributed by atoms with Crippen molar-refractivity contribution in [1.82, 2.24) is 0 Å². The summed E-state index contributed by atoms with van der Waals surface area (Å²) in [5, 5.41) is 8.99. The topological polar surface area (TPSA) is 50.4 Å². The van der Waals surface area contributed by atoms with Gasteiger partial charge < -0.3 is 9.52 Å². The van der Waals surface area contributed by atoms with Crippen LogP contribution in [0.15, 0.2) is 21.5 Å². The van der Waals surface area contributed by atoms with E-state index in [0.29, 0.717) is 12.2 Å². The van der Waals surface area contributed by atoms with E-state index in [1.54, 1.807) is 6.92 Å². The van der Waals surface area contributed by atoms with E-state index in [9.17, 15) is 4.79 Å². The molecule has 0 aliphatic heterocycles. The van der Waals surface area contributed by atoms with E-state index < -0.39 is 0 Å². The van der Waals surface area contributed by atoms with Gasteiger partial charge in [-0.15, -0.1) is 0 Å².